The molecule has 0 bridgehead atoms. The van der Waals surface area contributed by atoms with Crippen LogP contribution in [-0.2, 0) is 0 Å². The molecule has 21 heavy (non-hydrogen) atoms. The van der Waals surface area contributed by atoms with Crippen molar-refractivity contribution in [2.45, 2.75) is 39.7 Å². The summed E-state index contributed by atoms with van der Waals surface area (Å²) in [6, 6.07) is 2.29. The average molecular weight is 333 g/mol. The van der Waals surface area contributed by atoms with Crippen LogP contribution in [0.4, 0.5) is 11.6 Å². The van der Waals surface area contributed by atoms with Gasteiger partial charge in [0.2, 0.25) is 0 Å². The van der Waals surface area contributed by atoms with Gasteiger partial charge in [-0.05, 0) is 46.3 Å². The minimum atomic E-state index is 0.554. The SMILES string of the molecule is CCCNc1nc(NCCCN(C)C(C)C)c(Cl)cc1Cl. The lowest BCUT2D eigenvalue weighted by molar-refractivity contribution is 0.273. The molecule has 6 heteroatoms. The van der Waals surface area contributed by atoms with Crippen LogP contribution in [0.15, 0.2) is 6.07 Å². The van der Waals surface area contributed by atoms with Gasteiger partial charge in [0, 0.05) is 19.1 Å². The molecule has 0 amide bonds. The first-order valence-corrected chi connectivity index (χ1v) is 8.25. The van der Waals surface area contributed by atoms with Gasteiger partial charge in [-0.3, -0.25) is 0 Å². The lowest BCUT2D eigenvalue weighted by atomic mass is 10.3. The molecule has 0 atom stereocenters. The van der Waals surface area contributed by atoms with Gasteiger partial charge in [0.1, 0.15) is 11.6 Å². The molecule has 1 aromatic rings. The van der Waals surface area contributed by atoms with E-state index in [9.17, 15) is 0 Å². The van der Waals surface area contributed by atoms with E-state index in [1.165, 1.54) is 0 Å². The molecule has 4 nitrogen and oxygen atoms in total. The quantitative estimate of drug-likeness (QED) is 0.659. The average Bonchev–Trinajstić information content (AvgIpc) is 2.43. The van der Waals surface area contributed by atoms with Gasteiger partial charge >= 0.3 is 0 Å². The molecule has 1 heterocycles. The van der Waals surface area contributed by atoms with Crippen molar-refractivity contribution < 1.29 is 0 Å². The number of hydrogen-bond acceptors (Lipinski definition) is 4. The molecule has 0 aliphatic rings. The van der Waals surface area contributed by atoms with Crippen molar-refractivity contribution in [1.29, 1.82) is 0 Å². The molecule has 0 saturated heterocycles. The van der Waals surface area contributed by atoms with Crippen molar-refractivity contribution in [3.63, 3.8) is 0 Å². The summed E-state index contributed by atoms with van der Waals surface area (Å²) < 4.78 is 0. The third-order valence-corrected chi connectivity index (χ3v) is 3.91. The van der Waals surface area contributed by atoms with Gasteiger partial charge in [0.15, 0.2) is 0 Å². The Morgan fingerprint density at radius 3 is 2.24 bits per heavy atom. The van der Waals surface area contributed by atoms with E-state index in [1.807, 2.05) is 0 Å². The second-order valence-electron chi connectivity index (χ2n) is 5.43. The molecule has 0 aliphatic carbocycles. The summed E-state index contributed by atoms with van der Waals surface area (Å²) in [4.78, 5) is 6.77. The Kier molecular flexibility index (Phi) is 8.15. The van der Waals surface area contributed by atoms with Gasteiger partial charge in [-0.1, -0.05) is 30.1 Å². The number of nitrogens with zero attached hydrogens (tertiary/aromatic N) is 2. The number of rotatable bonds is 9. The predicted molar refractivity (Wildman–Crippen MR) is 93.9 cm³/mol. The fourth-order valence-corrected chi connectivity index (χ4v) is 2.24. The van der Waals surface area contributed by atoms with Crippen LogP contribution >= 0.6 is 23.2 Å². The molecule has 0 aliphatic heterocycles. The van der Waals surface area contributed by atoms with Crippen LogP contribution in [0.5, 0.6) is 0 Å². The highest BCUT2D eigenvalue weighted by atomic mass is 35.5. The van der Waals surface area contributed by atoms with E-state index >= 15 is 0 Å². The number of pyridine rings is 1. The van der Waals surface area contributed by atoms with Crippen LogP contribution in [0.1, 0.15) is 33.6 Å². The highest BCUT2D eigenvalue weighted by molar-refractivity contribution is 6.37. The maximum absolute atomic E-state index is 6.18. The lowest BCUT2D eigenvalue weighted by Crippen LogP contribution is -2.28. The number of nitrogens with one attached hydrogen (secondary N) is 2. The van der Waals surface area contributed by atoms with Gasteiger partial charge in [-0.15, -0.1) is 0 Å². The smallest absolute Gasteiger partial charge is 0.147 e. The Morgan fingerprint density at radius 1 is 1.14 bits per heavy atom. The van der Waals surface area contributed by atoms with Crippen molar-refractivity contribution in [3.8, 4) is 0 Å². The molecule has 1 rings (SSSR count). The molecule has 0 spiro atoms. The molecular formula is C15H26Cl2N4. The van der Waals surface area contributed by atoms with E-state index in [1.54, 1.807) is 6.07 Å². The number of anilines is 2. The highest BCUT2D eigenvalue weighted by Crippen LogP contribution is 2.29. The summed E-state index contributed by atoms with van der Waals surface area (Å²) in [6.07, 6.45) is 2.05. The second-order valence-corrected chi connectivity index (χ2v) is 6.25. The van der Waals surface area contributed by atoms with E-state index in [2.05, 4.69) is 48.3 Å². The molecule has 120 valence electrons. The number of aromatic nitrogens is 1. The largest absolute Gasteiger partial charge is 0.369 e. The monoisotopic (exact) mass is 332 g/mol. The van der Waals surface area contributed by atoms with E-state index < -0.39 is 0 Å². The summed E-state index contributed by atoms with van der Waals surface area (Å²) in [6.45, 7) is 9.19. The summed E-state index contributed by atoms with van der Waals surface area (Å²) in [7, 11) is 2.13. The second kappa shape index (κ2) is 9.34. The standard InChI is InChI=1S/C15H26Cl2N4/c1-5-7-18-14-12(16)10-13(17)15(20-14)19-8-6-9-21(4)11(2)3/h10-11H,5-9H2,1-4H3,(H2,18,19,20). The third kappa shape index (κ3) is 6.29. The fourth-order valence-electron chi connectivity index (χ4n) is 1.75. The van der Waals surface area contributed by atoms with Crippen molar-refractivity contribution in [1.82, 2.24) is 9.88 Å². The van der Waals surface area contributed by atoms with Crippen LogP contribution in [-0.4, -0.2) is 42.6 Å². The molecule has 0 saturated carbocycles. The van der Waals surface area contributed by atoms with Crippen molar-refractivity contribution in [2.75, 3.05) is 37.3 Å². The van der Waals surface area contributed by atoms with Crippen LogP contribution in [0.2, 0.25) is 10.0 Å². The number of halogens is 2. The normalized spacial score (nSPS) is 11.2. The zero-order chi connectivity index (χ0) is 15.8. The van der Waals surface area contributed by atoms with Gasteiger partial charge in [-0.25, -0.2) is 4.98 Å². The van der Waals surface area contributed by atoms with Gasteiger partial charge < -0.3 is 15.5 Å². The minimum absolute atomic E-state index is 0.554. The van der Waals surface area contributed by atoms with E-state index in [4.69, 9.17) is 23.2 Å². The Balaban J connectivity index is 2.54. The first-order chi connectivity index (χ1) is 9.95. The molecule has 0 unspecified atom stereocenters. The maximum Gasteiger partial charge on any atom is 0.147 e. The van der Waals surface area contributed by atoms with Gasteiger partial charge in [0.05, 0.1) is 10.0 Å². The summed E-state index contributed by atoms with van der Waals surface area (Å²) >= 11 is 12.3. The first kappa shape index (κ1) is 18.3. The Bertz CT molecular complexity index is 438. The first-order valence-electron chi connectivity index (χ1n) is 7.49. The van der Waals surface area contributed by atoms with Gasteiger partial charge in [-0.2, -0.15) is 0 Å². The number of hydrogen-bond donors (Lipinski definition) is 2. The minimum Gasteiger partial charge on any atom is -0.369 e. The van der Waals surface area contributed by atoms with Crippen LogP contribution in [0.25, 0.3) is 0 Å². The summed E-state index contributed by atoms with van der Waals surface area (Å²) in [5, 5.41) is 7.60. The fraction of sp³-hybridized carbons (Fsp3) is 0.667. The van der Waals surface area contributed by atoms with Crippen LogP contribution in [0.3, 0.4) is 0 Å². The molecule has 0 fully saturated rings. The lowest BCUT2D eigenvalue weighted by Gasteiger charge is -2.21. The molecular weight excluding hydrogens is 307 g/mol. The predicted octanol–water partition coefficient (Wildman–Crippen LogP) is 4.35. The third-order valence-electron chi connectivity index (χ3n) is 3.33. The topological polar surface area (TPSA) is 40.2 Å². The maximum atomic E-state index is 6.18. The zero-order valence-corrected chi connectivity index (χ0v) is 14.9. The van der Waals surface area contributed by atoms with E-state index in [0.717, 1.165) is 32.5 Å². The van der Waals surface area contributed by atoms with Crippen LogP contribution < -0.4 is 10.6 Å². The molecule has 1 aromatic heterocycles. The summed E-state index contributed by atoms with van der Waals surface area (Å²) in [5.74, 6) is 1.37. The molecule has 0 radical (unpaired) electrons. The Morgan fingerprint density at radius 2 is 1.71 bits per heavy atom. The van der Waals surface area contributed by atoms with Crippen LogP contribution in [0, 0.1) is 0 Å². The van der Waals surface area contributed by atoms with Crippen molar-refractivity contribution in [3.05, 3.63) is 16.1 Å². The Hall–Kier alpha value is -0.710. The van der Waals surface area contributed by atoms with E-state index in [-0.39, 0.29) is 0 Å². The van der Waals surface area contributed by atoms with Crippen molar-refractivity contribution in [2.24, 2.45) is 0 Å². The molecule has 0 aromatic carbocycles. The van der Waals surface area contributed by atoms with Crippen molar-refractivity contribution >= 4 is 34.8 Å². The van der Waals surface area contributed by atoms with Gasteiger partial charge in [0.25, 0.3) is 0 Å². The Labute approximate surface area is 138 Å². The highest BCUT2D eigenvalue weighted by Gasteiger charge is 2.09. The summed E-state index contributed by atoms with van der Waals surface area (Å²) in [5.41, 5.74) is 0. The van der Waals surface area contributed by atoms with E-state index in [0.29, 0.717) is 27.7 Å². The molecule has 2 N–H and O–H groups in total. The zero-order valence-electron chi connectivity index (χ0n) is 13.3.